The van der Waals surface area contributed by atoms with E-state index in [2.05, 4.69) is 136 Å². The summed E-state index contributed by atoms with van der Waals surface area (Å²) in [7, 11) is 0. The first-order valence-corrected chi connectivity index (χ1v) is 14.2. The maximum atomic E-state index is 6.36. The van der Waals surface area contributed by atoms with Gasteiger partial charge in [0.15, 0.2) is 0 Å². The molecule has 6 aromatic rings. The molecule has 0 aliphatic carbocycles. The third kappa shape index (κ3) is 4.88. The Kier molecular flexibility index (Phi) is 6.67. The van der Waals surface area contributed by atoms with Gasteiger partial charge in [-0.1, -0.05) is 61.5 Å². The van der Waals surface area contributed by atoms with Gasteiger partial charge in [-0.2, -0.15) is 0 Å². The second-order valence-corrected chi connectivity index (χ2v) is 11.6. The SMILES string of the molecule is CCC(C)Oc1ccc2[o+]c(C(C)(C)C)cc(C=Cc3ccc4c(c3)c3ccccc3n4-c3ccccc3)c2c1. The first-order valence-electron chi connectivity index (χ1n) is 14.2. The highest BCUT2D eigenvalue weighted by Gasteiger charge is 2.29. The zero-order valence-corrected chi connectivity index (χ0v) is 23.9. The van der Waals surface area contributed by atoms with Gasteiger partial charge in [0.05, 0.1) is 27.9 Å². The molecular formula is C37H36NO2+. The summed E-state index contributed by atoms with van der Waals surface area (Å²) in [6.45, 7) is 10.8. The molecule has 200 valence electrons. The van der Waals surface area contributed by atoms with Crippen molar-refractivity contribution in [3.63, 3.8) is 0 Å². The van der Waals surface area contributed by atoms with Crippen LogP contribution in [0.4, 0.5) is 0 Å². The predicted octanol–water partition coefficient (Wildman–Crippen LogP) is 10.5. The largest absolute Gasteiger partial charge is 0.491 e. The van der Waals surface area contributed by atoms with Gasteiger partial charge in [-0.25, -0.2) is 4.42 Å². The van der Waals surface area contributed by atoms with E-state index in [0.717, 1.165) is 40.0 Å². The van der Waals surface area contributed by atoms with Gasteiger partial charge in [0.25, 0.3) is 0 Å². The topological polar surface area (TPSA) is 25.5 Å². The molecule has 2 aromatic heterocycles. The van der Waals surface area contributed by atoms with Crippen LogP contribution < -0.4 is 4.74 Å². The Morgan fingerprint density at radius 2 is 1.52 bits per heavy atom. The van der Waals surface area contributed by atoms with Gasteiger partial charge in [0.1, 0.15) is 5.75 Å². The summed E-state index contributed by atoms with van der Waals surface area (Å²) in [5.41, 5.74) is 6.61. The highest BCUT2D eigenvalue weighted by Crippen LogP contribution is 2.35. The van der Waals surface area contributed by atoms with E-state index in [1.54, 1.807) is 0 Å². The summed E-state index contributed by atoms with van der Waals surface area (Å²) in [6, 6.07) is 34.3. The van der Waals surface area contributed by atoms with Crippen LogP contribution in [-0.2, 0) is 5.41 Å². The lowest BCUT2D eigenvalue weighted by Crippen LogP contribution is -2.11. The van der Waals surface area contributed by atoms with Crippen molar-refractivity contribution in [2.75, 3.05) is 0 Å². The molecule has 0 radical (unpaired) electrons. The van der Waals surface area contributed by atoms with Crippen LogP contribution in [0.25, 0.3) is 50.6 Å². The standard InChI is InChI=1S/C37H36NO2/c1-6-25(2)39-29-19-21-35-31(24-29)27(23-36(40-35)37(3,4)5)18-16-26-17-20-34-32(22-26)30-14-10-11-15-33(30)38(34)28-12-8-7-9-13-28/h7-25H,6H2,1-5H3/q+1. The average Bonchev–Trinajstić information content (AvgIpc) is 3.29. The number of hydrogen-bond acceptors (Lipinski definition) is 1. The van der Waals surface area contributed by atoms with E-state index >= 15 is 0 Å². The molecule has 4 aromatic carbocycles. The van der Waals surface area contributed by atoms with E-state index in [1.165, 1.54) is 27.5 Å². The van der Waals surface area contributed by atoms with Gasteiger partial charge in [0.2, 0.25) is 0 Å². The van der Waals surface area contributed by atoms with Crippen molar-refractivity contribution in [3.05, 3.63) is 114 Å². The Balaban J connectivity index is 1.47. The van der Waals surface area contributed by atoms with Crippen LogP contribution in [0.15, 0.2) is 101 Å². The quantitative estimate of drug-likeness (QED) is 0.202. The number of aromatic nitrogens is 1. The van der Waals surface area contributed by atoms with Crippen molar-refractivity contribution in [1.29, 1.82) is 0 Å². The van der Waals surface area contributed by atoms with Gasteiger partial charge < -0.3 is 9.30 Å². The lowest BCUT2D eigenvalue weighted by atomic mass is 9.91. The van der Waals surface area contributed by atoms with Crippen LogP contribution in [0.1, 0.15) is 57.9 Å². The molecule has 0 N–H and O–H groups in total. The summed E-state index contributed by atoms with van der Waals surface area (Å²) in [6.07, 6.45) is 5.53. The van der Waals surface area contributed by atoms with Gasteiger partial charge in [-0.3, -0.25) is 0 Å². The third-order valence-corrected chi connectivity index (χ3v) is 7.59. The smallest absolute Gasteiger partial charge is 0.361 e. The summed E-state index contributed by atoms with van der Waals surface area (Å²) in [5, 5.41) is 3.54. The Hall–Kier alpha value is -4.37. The molecule has 0 spiro atoms. The van der Waals surface area contributed by atoms with Crippen LogP contribution in [0.5, 0.6) is 5.75 Å². The number of rotatable bonds is 6. The molecule has 40 heavy (non-hydrogen) atoms. The molecule has 0 amide bonds. The highest BCUT2D eigenvalue weighted by molar-refractivity contribution is 6.10. The highest BCUT2D eigenvalue weighted by atomic mass is 16.5. The molecule has 0 fully saturated rings. The van der Waals surface area contributed by atoms with Crippen LogP contribution >= 0.6 is 0 Å². The van der Waals surface area contributed by atoms with Crippen LogP contribution in [0, 0.1) is 0 Å². The number of hydrogen-bond donors (Lipinski definition) is 0. The summed E-state index contributed by atoms with van der Waals surface area (Å²) in [4.78, 5) is 0. The second-order valence-electron chi connectivity index (χ2n) is 11.6. The summed E-state index contributed by atoms with van der Waals surface area (Å²) in [5.74, 6) is 1.82. The Morgan fingerprint density at radius 1 is 0.775 bits per heavy atom. The minimum Gasteiger partial charge on any atom is -0.491 e. The summed E-state index contributed by atoms with van der Waals surface area (Å²) >= 11 is 0. The van der Waals surface area contributed by atoms with Gasteiger partial charge in [0, 0.05) is 34.2 Å². The number of para-hydroxylation sites is 2. The molecule has 0 saturated heterocycles. The van der Waals surface area contributed by atoms with Crippen molar-refractivity contribution in [1.82, 2.24) is 4.57 Å². The van der Waals surface area contributed by atoms with Crippen molar-refractivity contribution in [2.24, 2.45) is 0 Å². The minimum atomic E-state index is -0.110. The monoisotopic (exact) mass is 526 g/mol. The molecule has 2 heterocycles. The van der Waals surface area contributed by atoms with Crippen LogP contribution in [-0.4, -0.2) is 10.7 Å². The zero-order valence-electron chi connectivity index (χ0n) is 23.9. The molecular weight excluding hydrogens is 490 g/mol. The number of ether oxygens (including phenoxy) is 1. The third-order valence-electron chi connectivity index (χ3n) is 7.59. The normalized spacial score (nSPS) is 13.0. The average molecular weight is 527 g/mol. The molecule has 3 nitrogen and oxygen atoms in total. The minimum absolute atomic E-state index is 0.110. The number of nitrogens with zero attached hydrogens (tertiary/aromatic N) is 1. The van der Waals surface area contributed by atoms with Crippen LogP contribution in [0.2, 0.25) is 0 Å². The van der Waals surface area contributed by atoms with E-state index in [0.29, 0.717) is 0 Å². The Labute approximate surface area is 236 Å². The molecule has 0 bridgehead atoms. The van der Waals surface area contributed by atoms with E-state index in [9.17, 15) is 0 Å². The molecule has 0 saturated carbocycles. The van der Waals surface area contributed by atoms with Gasteiger partial charge in [-0.15, -0.1) is 0 Å². The Bertz CT molecular complexity index is 1860. The van der Waals surface area contributed by atoms with E-state index in [1.807, 2.05) is 12.1 Å². The van der Waals surface area contributed by atoms with Crippen molar-refractivity contribution < 1.29 is 9.15 Å². The Morgan fingerprint density at radius 3 is 2.30 bits per heavy atom. The predicted molar refractivity (Wildman–Crippen MR) is 169 cm³/mol. The fourth-order valence-corrected chi connectivity index (χ4v) is 5.22. The van der Waals surface area contributed by atoms with Crippen molar-refractivity contribution >= 4 is 44.9 Å². The fourth-order valence-electron chi connectivity index (χ4n) is 5.22. The molecule has 3 heteroatoms. The molecule has 0 aliphatic heterocycles. The lowest BCUT2D eigenvalue weighted by Gasteiger charge is -2.13. The van der Waals surface area contributed by atoms with E-state index in [-0.39, 0.29) is 11.5 Å². The van der Waals surface area contributed by atoms with Gasteiger partial charge >= 0.3 is 11.3 Å². The first kappa shape index (κ1) is 25.9. The second kappa shape index (κ2) is 10.3. The molecule has 1 unspecified atom stereocenters. The van der Waals surface area contributed by atoms with Crippen molar-refractivity contribution in [3.8, 4) is 11.4 Å². The molecule has 0 aliphatic rings. The van der Waals surface area contributed by atoms with Crippen molar-refractivity contribution in [2.45, 2.75) is 52.6 Å². The number of benzene rings is 4. The maximum absolute atomic E-state index is 6.36. The number of fused-ring (bicyclic) bond motifs is 4. The first-order chi connectivity index (χ1) is 19.3. The molecule has 6 rings (SSSR count). The maximum Gasteiger partial charge on any atom is 0.361 e. The lowest BCUT2D eigenvalue weighted by molar-refractivity contribution is 0.217. The van der Waals surface area contributed by atoms with Crippen LogP contribution in [0.3, 0.4) is 0 Å². The van der Waals surface area contributed by atoms with E-state index in [4.69, 9.17) is 9.15 Å². The van der Waals surface area contributed by atoms with Gasteiger partial charge in [-0.05, 0) is 82.1 Å². The molecule has 1 atom stereocenters. The summed E-state index contributed by atoms with van der Waals surface area (Å²) < 4.78 is 14.9. The zero-order chi connectivity index (χ0) is 27.9. The van der Waals surface area contributed by atoms with E-state index < -0.39 is 0 Å². The fraction of sp³-hybridized carbons (Fsp3) is 0.216.